The molecular formula is C29H44N4O6. The van der Waals surface area contributed by atoms with Gasteiger partial charge in [0.1, 0.15) is 11.8 Å². The molecule has 2 saturated heterocycles. The number of likely N-dealkylation sites (tertiary alicyclic amines) is 1. The Morgan fingerprint density at radius 1 is 1.13 bits per heavy atom. The minimum atomic E-state index is -1.19. The number of carboxylic acids is 1. The Kier molecular flexibility index (Phi) is 10.9. The summed E-state index contributed by atoms with van der Waals surface area (Å²) in [5.41, 5.74) is 2.77. The molecule has 3 N–H and O–H groups in total. The molecule has 39 heavy (non-hydrogen) atoms. The second-order valence-corrected chi connectivity index (χ2v) is 12.0. The maximum Gasteiger partial charge on any atom is 0.322 e. The number of benzene rings is 1. The molecule has 10 nitrogen and oxygen atoms in total. The molecule has 0 spiro atoms. The molecule has 0 aromatic heterocycles. The van der Waals surface area contributed by atoms with Crippen molar-refractivity contribution in [3.05, 3.63) is 29.8 Å². The summed E-state index contributed by atoms with van der Waals surface area (Å²) in [7, 11) is 0. The number of nitrogens with zero attached hydrogens (tertiary/aromatic N) is 2. The Morgan fingerprint density at radius 3 is 2.41 bits per heavy atom. The van der Waals surface area contributed by atoms with Gasteiger partial charge in [0.25, 0.3) is 5.91 Å². The van der Waals surface area contributed by atoms with Crippen LogP contribution in [0.15, 0.2) is 24.3 Å². The number of hydrogen-bond acceptors (Lipinski definition) is 7. The number of nitrogens with one attached hydrogen (secondary N) is 2. The van der Waals surface area contributed by atoms with E-state index in [1.54, 1.807) is 29.2 Å². The molecule has 2 heterocycles. The van der Waals surface area contributed by atoms with Gasteiger partial charge in [-0.05, 0) is 87.7 Å². The van der Waals surface area contributed by atoms with Gasteiger partial charge in [-0.3, -0.25) is 19.2 Å². The summed E-state index contributed by atoms with van der Waals surface area (Å²) >= 11 is 0. The summed E-state index contributed by atoms with van der Waals surface area (Å²) in [6.07, 6.45) is 4.60. The number of carbonyl (C=O) groups is 4. The average molecular weight is 545 g/mol. The van der Waals surface area contributed by atoms with Crippen molar-refractivity contribution in [1.29, 1.82) is 0 Å². The van der Waals surface area contributed by atoms with Crippen molar-refractivity contribution in [1.82, 2.24) is 20.7 Å². The minimum absolute atomic E-state index is 0.0293. The summed E-state index contributed by atoms with van der Waals surface area (Å²) in [6.45, 7) is 10.8. The first-order chi connectivity index (χ1) is 18.4. The summed E-state index contributed by atoms with van der Waals surface area (Å²) in [4.78, 5) is 53.3. The molecular weight excluding hydrogens is 500 g/mol. The van der Waals surface area contributed by atoms with Crippen LogP contribution in [-0.4, -0.2) is 77.5 Å². The summed E-state index contributed by atoms with van der Waals surface area (Å²) < 4.78 is 5.77. The van der Waals surface area contributed by atoms with E-state index in [0.29, 0.717) is 44.1 Å². The summed E-state index contributed by atoms with van der Waals surface area (Å²) in [6, 6.07) is 5.27. The van der Waals surface area contributed by atoms with E-state index in [-0.39, 0.29) is 23.4 Å². The van der Waals surface area contributed by atoms with Crippen LogP contribution >= 0.6 is 0 Å². The third-order valence-corrected chi connectivity index (χ3v) is 7.24. The number of carbonyl (C=O) groups excluding carboxylic acids is 3. The lowest BCUT2D eigenvalue weighted by Crippen LogP contribution is -2.56. The zero-order valence-corrected chi connectivity index (χ0v) is 23.7. The number of ether oxygens (including phenoxy) is 1. The molecule has 2 atom stereocenters. The highest BCUT2D eigenvalue weighted by atomic mass is 16.5. The second kappa shape index (κ2) is 13.9. The largest absolute Gasteiger partial charge is 0.493 e. The predicted octanol–water partition coefficient (Wildman–Crippen LogP) is 3.08. The first-order valence-corrected chi connectivity index (χ1v) is 14.0. The fourth-order valence-electron chi connectivity index (χ4n) is 4.84. The van der Waals surface area contributed by atoms with E-state index < -0.39 is 29.7 Å². The fraction of sp³-hybridized carbons (Fsp3) is 0.655. The van der Waals surface area contributed by atoms with Crippen LogP contribution in [0.2, 0.25) is 0 Å². The van der Waals surface area contributed by atoms with Gasteiger partial charge in [-0.1, -0.05) is 20.8 Å². The molecule has 2 aliphatic heterocycles. The van der Waals surface area contributed by atoms with Gasteiger partial charge in [-0.2, -0.15) is 0 Å². The minimum Gasteiger partial charge on any atom is -0.493 e. The van der Waals surface area contributed by atoms with Crippen molar-refractivity contribution in [3.8, 4) is 5.75 Å². The van der Waals surface area contributed by atoms with Crippen molar-refractivity contribution < 1.29 is 29.0 Å². The molecule has 10 heteroatoms. The van der Waals surface area contributed by atoms with Crippen LogP contribution in [0.4, 0.5) is 0 Å². The van der Waals surface area contributed by atoms with Gasteiger partial charge in [0, 0.05) is 25.1 Å². The van der Waals surface area contributed by atoms with Crippen LogP contribution in [-0.2, 0) is 14.4 Å². The Labute approximate surface area is 231 Å². The highest BCUT2D eigenvalue weighted by Crippen LogP contribution is 2.24. The number of hydrogen-bond donors (Lipinski definition) is 3. The molecule has 0 radical (unpaired) electrons. The zero-order valence-electron chi connectivity index (χ0n) is 23.7. The van der Waals surface area contributed by atoms with Gasteiger partial charge in [0.2, 0.25) is 11.8 Å². The van der Waals surface area contributed by atoms with Gasteiger partial charge >= 0.3 is 5.97 Å². The molecule has 2 aliphatic rings. The Morgan fingerprint density at radius 2 is 1.79 bits per heavy atom. The Hall–Kier alpha value is -2.98. The van der Waals surface area contributed by atoms with Gasteiger partial charge in [0.15, 0.2) is 0 Å². The van der Waals surface area contributed by atoms with E-state index >= 15 is 0 Å². The maximum absolute atomic E-state index is 13.6. The molecule has 0 bridgehead atoms. The lowest BCUT2D eigenvalue weighted by molar-refractivity contribution is -0.144. The first-order valence-electron chi connectivity index (χ1n) is 14.0. The average Bonchev–Trinajstić information content (AvgIpc) is 2.93. The van der Waals surface area contributed by atoms with E-state index in [2.05, 4.69) is 31.5 Å². The van der Waals surface area contributed by atoms with Gasteiger partial charge < -0.3 is 20.1 Å². The van der Waals surface area contributed by atoms with Crippen molar-refractivity contribution in [2.75, 3.05) is 32.8 Å². The molecule has 1 aromatic carbocycles. The standard InChI is InChI=1S/C29H44N4O6/c1-20(28(37)38)31-33(26(35)22-8-10-24(11-9-22)39-19-29(2,3)4)27(36)23-6-5-17-32(18-23)25(34)12-7-21-13-15-30-16-14-21/h8-11,20-21,23,30-31H,5-7,12-19H2,1-4H3,(H,37,38)/t20-,23-/m1/s1. The molecule has 3 amide bonds. The zero-order chi connectivity index (χ0) is 28.6. The highest BCUT2D eigenvalue weighted by Gasteiger charge is 2.35. The Balaban J connectivity index is 1.68. The maximum atomic E-state index is 13.6. The molecule has 216 valence electrons. The van der Waals surface area contributed by atoms with Crippen LogP contribution in [0, 0.1) is 17.3 Å². The quantitative estimate of drug-likeness (QED) is 0.303. The number of hydrazine groups is 1. The number of amides is 3. The van der Waals surface area contributed by atoms with E-state index in [0.717, 1.165) is 37.4 Å². The lowest BCUT2D eigenvalue weighted by Gasteiger charge is -2.35. The van der Waals surface area contributed by atoms with E-state index in [1.165, 1.54) is 6.92 Å². The second-order valence-electron chi connectivity index (χ2n) is 12.0. The van der Waals surface area contributed by atoms with Gasteiger partial charge in [-0.25, -0.2) is 10.4 Å². The monoisotopic (exact) mass is 544 g/mol. The molecule has 0 unspecified atom stereocenters. The van der Waals surface area contributed by atoms with Crippen LogP contribution in [0.1, 0.15) is 76.6 Å². The summed E-state index contributed by atoms with van der Waals surface area (Å²) in [5, 5.41) is 13.6. The molecule has 2 fully saturated rings. The highest BCUT2D eigenvalue weighted by molar-refractivity contribution is 6.05. The normalized spacial score (nSPS) is 19.3. The number of carboxylic acid groups (broad SMARTS) is 1. The number of piperidine rings is 2. The predicted molar refractivity (Wildman–Crippen MR) is 147 cm³/mol. The first kappa shape index (κ1) is 30.6. The van der Waals surface area contributed by atoms with Crippen LogP contribution in [0.25, 0.3) is 0 Å². The smallest absolute Gasteiger partial charge is 0.322 e. The van der Waals surface area contributed by atoms with Crippen molar-refractivity contribution in [2.45, 2.75) is 72.3 Å². The van der Waals surface area contributed by atoms with Crippen molar-refractivity contribution in [2.24, 2.45) is 17.3 Å². The fourth-order valence-corrected chi connectivity index (χ4v) is 4.84. The van der Waals surface area contributed by atoms with E-state index in [4.69, 9.17) is 4.74 Å². The Bertz CT molecular complexity index is 1000. The lowest BCUT2D eigenvalue weighted by atomic mass is 9.92. The SMILES string of the molecule is C[C@@H](NN(C(=O)c1ccc(OCC(C)(C)C)cc1)C(=O)[C@@H]1CCCN(C(=O)CCC2CCNCC2)C1)C(=O)O. The van der Waals surface area contributed by atoms with Crippen LogP contribution in [0.3, 0.4) is 0 Å². The molecule has 3 rings (SSSR count). The van der Waals surface area contributed by atoms with Gasteiger partial charge in [0.05, 0.1) is 12.5 Å². The van der Waals surface area contributed by atoms with Gasteiger partial charge in [-0.15, -0.1) is 0 Å². The van der Waals surface area contributed by atoms with Crippen LogP contribution < -0.4 is 15.5 Å². The molecule has 0 saturated carbocycles. The molecule has 1 aromatic rings. The van der Waals surface area contributed by atoms with Crippen molar-refractivity contribution in [3.63, 3.8) is 0 Å². The summed E-state index contributed by atoms with van der Waals surface area (Å²) in [5.74, 6) is -1.81. The third-order valence-electron chi connectivity index (χ3n) is 7.24. The number of imide groups is 1. The molecule has 0 aliphatic carbocycles. The number of rotatable bonds is 10. The topological polar surface area (TPSA) is 128 Å². The van der Waals surface area contributed by atoms with Crippen LogP contribution in [0.5, 0.6) is 5.75 Å². The van der Waals surface area contributed by atoms with Crippen molar-refractivity contribution >= 4 is 23.7 Å². The van der Waals surface area contributed by atoms with E-state index in [9.17, 15) is 24.3 Å². The van der Waals surface area contributed by atoms with E-state index in [1.807, 2.05) is 0 Å². The third kappa shape index (κ3) is 9.32. The number of aliphatic carboxylic acids is 1.